The third-order valence-corrected chi connectivity index (χ3v) is 3.57. The van der Waals surface area contributed by atoms with E-state index in [-0.39, 0.29) is 11.7 Å². The first-order chi connectivity index (χ1) is 7.96. The predicted octanol–water partition coefficient (Wildman–Crippen LogP) is 4.36. The highest BCUT2D eigenvalue weighted by Crippen LogP contribution is 2.30. The molecule has 17 heavy (non-hydrogen) atoms. The maximum Gasteiger partial charge on any atom is 0.0755 e. The van der Waals surface area contributed by atoms with E-state index < -0.39 is 0 Å². The van der Waals surface area contributed by atoms with Gasteiger partial charge < -0.3 is 10.1 Å². The van der Waals surface area contributed by atoms with Gasteiger partial charge in [-0.2, -0.15) is 0 Å². The minimum Gasteiger partial charge on any atom is -0.381 e. The van der Waals surface area contributed by atoms with Gasteiger partial charge in [0, 0.05) is 11.6 Å². The van der Waals surface area contributed by atoms with E-state index >= 15 is 0 Å². The molecule has 1 aromatic carbocycles. The van der Waals surface area contributed by atoms with Gasteiger partial charge in [0.1, 0.15) is 0 Å². The molecule has 2 rings (SSSR count). The number of halogens is 2. The standard InChI is InChI=1S/C13H17Cl2NO/c1-13(2)6-5-10(17-13)8-16-12-7-9(14)3-4-11(12)15/h3-4,7,10,16H,5-6,8H2,1-2H3. The third kappa shape index (κ3) is 3.51. The summed E-state index contributed by atoms with van der Waals surface area (Å²) < 4.78 is 5.90. The summed E-state index contributed by atoms with van der Waals surface area (Å²) in [5.74, 6) is 0. The summed E-state index contributed by atoms with van der Waals surface area (Å²) in [6, 6.07) is 5.42. The van der Waals surface area contributed by atoms with E-state index in [0.29, 0.717) is 10.0 Å². The van der Waals surface area contributed by atoms with Crippen LogP contribution >= 0.6 is 23.2 Å². The fraction of sp³-hybridized carbons (Fsp3) is 0.538. The Balaban J connectivity index is 1.92. The highest BCUT2D eigenvalue weighted by molar-refractivity contribution is 6.35. The van der Waals surface area contributed by atoms with Crippen LogP contribution in [-0.2, 0) is 4.74 Å². The van der Waals surface area contributed by atoms with Gasteiger partial charge in [-0.1, -0.05) is 23.2 Å². The van der Waals surface area contributed by atoms with Crippen molar-refractivity contribution in [2.24, 2.45) is 0 Å². The second-order valence-electron chi connectivity index (χ2n) is 5.04. The second-order valence-corrected chi connectivity index (χ2v) is 5.89. The van der Waals surface area contributed by atoms with Gasteiger partial charge in [-0.15, -0.1) is 0 Å². The van der Waals surface area contributed by atoms with Crippen molar-refractivity contribution in [2.45, 2.75) is 38.4 Å². The van der Waals surface area contributed by atoms with Crippen molar-refractivity contribution in [3.05, 3.63) is 28.2 Å². The van der Waals surface area contributed by atoms with E-state index in [0.717, 1.165) is 25.1 Å². The molecule has 0 aromatic heterocycles. The molecule has 0 aliphatic carbocycles. The summed E-state index contributed by atoms with van der Waals surface area (Å²) in [5.41, 5.74) is 0.872. The molecule has 1 fully saturated rings. The third-order valence-electron chi connectivity index (χ3n) is 3.00. The van der Waals surface area contributed by atoms with E-state index in [4.69, 9.17) is 27.9 Å². The van der Waals surface area contributed by atoms with Crippen molar-refractivity contribution in [1.82, 2.24) is 0 Å². The Hall–Kier alpha value is -0.440. The number of ether oxygens (including phenoxy) is 1. The zero-order chi connectivity index (χ0) is 12.5. The molecular formula is C13H17Cl2NO. The molecule has 1 N–H and O–H groups in total. The first kappa shape index (κ1) is 13.0. The van der Waals surface area contributed by atoms with Gasteiger partial charge in [-0.05, 0) is 44.9 Å². The SMILES string of the molecule is CC1(C)CCC(CNc2cc(Cl)ccc2Cl)O1. The Bertz CT molecular complexity index is 406. The highest BCUT2D eigenvalue weighted by Gasteiger charge is 2.31. The Morgan fingerprint density at radius 3 is 2.82 bits per heavy atom. The molecule has 0 radical (unpaired) electrons. The first-order valence-electron chi connectivity index (χ1n) is 5.83. The largest absolute Gasteiger partial charge is 0.381 e. The van der Waals surface area contributed by atoms with Crippen LogP contribution in [-0.4, -0.2) is 18.2 Å². The molecule has 0 saturated carbocycles. The lowest BCUT2D eigenvalue weighted by Crippen LogP contribution is -2.24. The molecule has 0 spiro atoms. The van der Waals surface area contributed by atoms with Crippen LogP contribution in [0.4, 0.5) is 5.69 Å². The predicted molar refractivity (Wildman–Crippen MR) is 73.1 cm³/mol. The summed E-state index contributed by atoms with van der Waals surface area (Å²) >= 11 is 12.0. The molecule has 2 nitrogen and oxygen atoms in total. The van der Waals surface area contributed by atoms with Gasteiger partial charge in [-0.25, -0.2) is 0 Å². The van der Waals surface area contributed by atoms with E-state index in [1.54, 1.807) is 12.1 Å². The van der Waals surface area contributed by atoms with Crippen LogP contribution in [0.3, 0.4) is 0 Å². The van der Waals surface area contributed by atoms with Crippen molar-refractivity contribution in [3.63, 3.8) is 0 Å². The lowest BCUT2D eigenvalue weighted by atomic mass is 10.1. The molecule has 1 saturated heterocycles. The number of rotatable bonds is 3. The number of nitrogens with one attached hydrogen (secondary N) is 1. The van der Waals surface area contributed by atoms with Crippen molar-refractivity contribution < 1.29 is 4.74 Å². The molecular weight excluding hydrogens is 257 g/mol. The molecule has 1 unspecified atom stereocenters. The van der Waals surface area contributed by atoms with Crippen molar-refractivity contribution >= 4 is 28.9 Å². The average Bonchev–Trinajstić information content (AvgIpc) is 2.60. The Labute approximate surface area is 112 Å². The lowest BCUT2D eigenvalue weighted by Gasteiger charge is -2.20. The second kappa shape index (κ2) is 5.05. The maximum absolute atomic E-state index is 6.08. The van der Waals surface area contributed by atoms with Gasteiger partial charge in [0.2, 0.25) is 0 Å². The molecule has 1 aliphatic heterocycles. The van der Waals surface area contributed by atoms with Crippen LogP contribution in [0.25, 0.3) is 0 Å². The molecule has 1 atom stereocenters. The van der Waals surface area contributed by atoms with Crippen LogP contribution in [0.2, 0.25) is 10.0 Å². The summed E-state index contributed by atoms with van der Waals surface area (Å²) in [5, 5.41) is 4.66. The number of benzene rings is 1. The van der Waals surface area contributed by atoms with E-state index in [1.807, 2.05) is 6.07 Å². The van der Waals surface area contributed by atoms with Gasteiger partial charge >= 0.3 is 0 Å². The fourth-order valence-electron chi connectivity index (χ4n) is 2.08. The summed E-state index contributed by atoms with van der Waals surface area (Å²) in [4.78, 5) is 0. The maximum atomic E-state index is 6.08. The van der Waals surface area contributed by atoms with Crippen LogP contribution in [0.1, 0.15) is 26.7 Å². The minimum atomic E-state index is 0.00444. The van der Waals surface area contributed by atoms with Crippen molar-refractivity contribution in [1.29, 1.82) is 0 Å². The normalized spacial score (nSPS) is 22.7. The topological polar surface area (TPSA) is 21.3 Å². The van der Waals surface area contributed by atoms with Crippen molar-refractivity contribution in [2.75, 3.05) is 11.9 Å². The van der Waals surface area contributed by atoms with Crippen LogP contribution in [0, 0.1) is 0 Å². The smallest absolute Gasteiger partial charge is 0.0755 e. The monoisotopic (exact) mass is 273 g/mol. The molecule has 0 bridgehead atoms. The van der Waals surface area contributed by atoms with E-state index in [9.17, 15) is 0 Å². The van der Waals surface area contributed by atoms with Crippen LogP contribution < -0.4 is 5.32 Å². The Kier molecular flexibility index (Phi) is 3.86. The molecule has 0 amide bonds. The molecule has 1 aliphatic rings. The lowest BCUT2D eigenvalue weighted by molar-refractivity contribution is -0.00910. The molecule has 1 aromatic rings. The van der Waals surface area contributed by atoms with Crippen LogP contribution in [0.5, 0.6) is 0 Å². The van der Waals surface area contributed by atoms with E-state index in [1.165, 1.54) is 0 Å². The quantitative estimate of drug-likeness (QED) is 0.884. The number of hydrogen-bond donors (Lipinski definition) is 1. The highest BCUT2D eigenvalue weighted by atomic mass is 35.5. The molecule has 4 heteroatoms. The van der Waals surface area contributed by atoms with Gasteiger partial charge in [0.05, 0.1) is 22.4 Å². The fourth-order valence-corrected chi connectivity index (χ4v) is 2.43. The minimum absolute atomic E-state index is 0.00444. The van der Waals surface area contributed by atoms with Gasteiger partial charge in [-0.3, -0.25) is 0 Å². The summed E-state index contributed by atoms with van der Waals surface area (Å²) in [6.07, 6.45) is 2.43. The number of hydrogen-bond acceptors (Lipinski definition) is 2. The Morgan fingerprint density at radius 2 is 2.18 bits per heavy atom. The van der Waals surface area contributed by atoms with Gasteiger partial charge in [0.25, 0.3) is 0 Å². The van der Waals surface area contributed by atoms with Gasteiger partial charge in [0.15, 0.2) is 0 Å². The summed E-state index contributed by atoms with van der Waals surface area (Å²) in [7, 11) is 0. The first-order valence-corrected chi connectivity index (χ1v) is 6.59. The zero-order valence-electron chi connectivity index (χ0n) is 10.1. The number of anilines is 1. The Morgan fingerprint density at radius 1 is 1.41 bits per heavy atom. The zero-order valence-corrected chi connectivity index (χ0v) is 11.6. The summed E-state index contributed by atoms with van der Waals surface area (Å²) in [6.45, 7) is 5.02. The molecule has 94 valence electrons. The average molecular weight is 274 g/mol. The van der Waals surface area contributed by atoms with E-state index in [2.05, 4.69) is 19.2 Å². The molecule has 1 heterocycles. The van der Waals surface area contributed by atoms with Crippen molar-refractivity contribution in [3.8, 4) is 0 Å². The van der Waals surface area contributed by atoms with Crippen LogP contribution in [0.15, 0.2) is 18.2 Å².